The van der Waals surface area contributed by atoms with Gasteiger partial charge in [0.2, 0.25) is 0 Å². The van der Waals surface area contributed by atoms with Gasteiger partial charge in [0.25, 0.3) is 0 Å². The first-order valence-corrected chi connectivity index (χ1v) is 21.2. The molecule has 48 heavy (non-hydrogen) atoms. The van der Waals surface area contributed by atoms with Gasteiger partial charge in [0, 0.05) is 14.2 Å². The average Bonchev–Trinajstić information content (AvgIpc) is 3.41. The summed E-state index contributed by atoms with van der Waals surface area (Å²) in [4.78, 5) is 17.7. The van der Waals surface area contributed by atoms with E-state index in [1.807, 2.05) is 75.1 Å². The Morgan fingerprint density at radius 2 is 1.65 bits per heavy atom. The number of nitrogens with two attached hydrogens (primary N) is 1. The van der Waals surface area contributed by atoms with Crippen LogP contribution in [0.25, 0.3) is 0 Å². The number of hydrogen-bond acceptors (Lipinski definition) is 8. The van der Waals surface area contributed by atoms with Crippen LogP contribution in [-0.4, -0.2) is 76.7 Å². The second kappa shape index (κ2) is 13.8. The van der Waals surface area contributed by atoms with Crippen LogP contribution < -0.4 is 15.9 Å². The maximum atomic E-state index is 13.5. The minimum atomic E-state index is -1.44. The topological polar surface area (TPSA) is 118 Å². The predicted molar refractivity (Wildman–Crippen MR) is 192 cm³/mol. The molecule has 1 fully saturated rings. The van der Waals surface area contributed by atoms with Crippen molar-refractivity contribution in [2.24, 2.45) is 5.41 Å². The van der Waals surface area contributed by atoms with Crippen molar-refractivity contribution < 1.29 is 24.1 Å². The summed E-state index contributed by atoms with van der Waals surface area (Å²) in [6.07, 6.45) is 7.69. The summed E-state index contributed by atoms with van der Waals surface area (Å²) in [5, 5.41) is 11.7. The second-order valence-electron chi connectivity index (χ2n) is 13.7. The SMILES string of the molecule is COC1(OC)C=CC(C(OC[C@H]2O[C@](n3cc([Se]C)c(N)nc3=O)([Si](C)C)C[C@@]2(O)C(C)(C)C)(c2ccccc2)c2ccccc2)=CC1. The number of anilines is 1. The van der Waals surface area contributed by atoms with Crippen molar-refractivity contribution in [2.75, 3.05) is 26.6 Å². The Balaban J connectivity index is 1.66. The van der Waals surface area contributed by atoms with E-state index in [9.17, 15) is 9.90 Å². The van der Waals surface area contributed by atoms with Crippen LogP contribution in [0.5, 0.6) is 0 Å². The Hall–Kier alpha value is -2.86. The fraction of sp³-hybridized carbons (Fsp3) is 0.459. The molecule has 2 heterocycles. The number of benzene rings is 2. The molecule has 2 aromatic carbocycles. The van der Waals surface area contributed by atoms with Gasteiger partial charge < -0.3 is 9.47 Å². The van der Waals surface area contributed by atoms with Gasteiger partial charge >= 0.3 is 251 Å². The van der Waals surface area contributed by atoms with E-state index in [1.54, 1.807) is 25.0 Å². The molecule has 0 saturated carbocycles. The monoisotopic (exact) mass is 738 g/mol. The van der Waals surface area contributed by atoms with Gasteiger partial charge in [-0.2, -0.15) is 0 Å². The summed E-state index contributed by atoms with van der Waals surface area (Å²) in [6, 6.07) is 20.2. The zero-order chi connectivity index (χ0) is 35.0. The fourth-order valence-electron chi connectivity index (χ4n) is 6.87. The number of nitrogens with zero attached hydrogens (tertiary/aromatic N) is 2. The van der Waals surface area contributed by atoms with Crippen molar-refractivity contribution in [1.82, 2.24) is 9.55 Å². The van der Waals surface area contributed by atoms with E-state index in [0.717, 1.165) is 21.2 Å². The maximum absolute atomic E-state index is 13.5. The van der Waals surface area contributed by atoms with Crippen LogP contribution in [0.1, 0.15) is 44.7 Å². The molecule has 1 aromatic heterocycles. The van der Waals surface area contributed by atoms with E-state index in [1.165, 1.54) is 0 Å². The number of hydrogen-bond donors (Lipinski definition) is 2. The molecule has 3 atom stereocenters. The van der Waals surface area contributed by atoms with Gasteiger partial charge in [-0.1, -0.05) is 12.1 Å². The second-order valence-corrected chi connectivity index (χ2v) is 18.3. The van der Waals surface area contributed by atoms with Gasteiger partial charge in [0.05, 0.1) is 0 Å². The van der Waals surface area contributed by atoms with Gasteiger partial charge in [-0.05, 0) is 0 Å². The van der Waals surface area contributed by atoms with Crippen molar-refractivity contribution in [3.8, 4) is 0 Å². The van der Waals surface area contributed by atoms with Crippen LogP contribution >= 0.6 is 0 Å². The van der Waals surface area contributed by atoms with Crippen molar-refractivity contribution in [3.63, 3.8) is 0 Å². The van der Waals surface area contributed by atoms with Crippen LogP contribution in [0.4, 0.5) is 5.82 Å². The normalized spacial score (nSPS) is 24.2. The molecule has 5 rings (SSSR count). The molecule has 2 aliphatic rings. The quantitative estimate of drug-likeness (QED) is 0.218. The number of aliphatic hydroxyl groups is 1. The average molecular weight is 738 g/mol. The molecular weight excluding hydrogens is 689 g/mol. The third kappa shape index (κ3) is 6.20. The van der Waals surface area contributed by atoms with Crippen LogP contribution in [-0.2, 0) is 29.9 Å². The molecule has 0 spiro atoms. The van der Waals surface area contributed by atoms with Crippen molar-refractivity contribution in [2.45, 2.75) is 81.0 Å². The molecular formula is C37H48N3O6SeSi. The molecule has 1 aliphatic heterocycles. The number of rotatable bonds is 11. The van der Waals surface area contributed by atoms with Gasteiger partial charge in [0.1, 0.15) is 0 Å². The summed E-state index contributed by atoms with van der Waals surface area (Å²) in [7, 11) is 1.82. The Morgan fingerprint density at radius 1 is 1.06 bits per heavy atom. The van der Waals surface area contributed by atoms with E-state index in [0.29, 0.717) is 6.42 Å². The molecule has 1 radical (unpaired) electrons. The summed E-state index contributed by atoms with van der Waals surface area (Å²) in [6.45, 7) is 10.2. The first kappa shape index (κ1) is 36.4. The first-order chi connectivity index (χ1) is 22.7. The van der Waals surface area contributed by atoms with Gasteiger partial charge in [0.15, 0.2) is 5.79 Å². The van der Waals surface area contributed by atoms with Crippen molar-refractivity contribution in [3.05, 3.63) is 112 Å². The van der Waals surface area contributed by atoms with Crippen LogP contribution in [0.15, 0.2) is 95.5 Å². The molecule has 9 nitrogen and oxygen atoms in total. The van der Waals surface area contributed by atoms with Crippen LogP contribution in [0.2, 0.25) is 18.9 Å². The number of nitrogen functional groups attached to an aromatic ring is 1. The Morgan fingerprint density at radius 3 is 2.10 bits per heavy atom. The zero-order valence-electron chi connectivity index (χ0n) is 29.2. The van der Waals surface area contributed by atoms with E-state index >= 15 is 0 Å². The van der Waals surface area contributed by atoms with Gasteiger partial charge in [-0.3, -0.25) is 0 Å². The van der Waals surface area contributed by atoms with Crippen LogP contribution in [0, 0.1) is 5.41 Å². The number of aromatic nitrogens is 2. The minimum absolute atomic E-state index is 0.00101. The van der Waals surface area contributed by atoms with Crippen molar-refractivity contribution >= 4 is 34.0 Å². The summed E-state index contributed by atoms with van der Waals surface area (Å²) >= 11 is -0.00101. The molecule has 257 valence electrons. The first-order valence-electron chi connectivity index (χ1n) is 16.1. The molecule has 0 bridgehead atoms. The summed E-state index contributed by atoms with van der Waals surface area (Å²) < 4.78 is 28.2. The van der Waals surface area contributed by atoms with E-state index in [2.05, 4.69) is 48.4 Å². The predicted octanol–water partition coefficient (Wildman–Crippen LogP) is 4.55. The molecule has 0 amide bonds. The third-order valence-electron chi connectivity index (χ3n) is 10.0. The fourth-order valence-corrected chi connectivity index (χ4v) is 9.49. The van der Waals surface area contributed by atoms with Crippen molar-refractivity contribution in [1.29, 1.82) is 0 Å². The Labute approximate surface area is 291 Å². The summed E-state index contributed by atoms with van der Waals surface area (Å²) in [5.74, 6) is 1.39. The van der Waals surface area contributed by atoms with E-state index < -0.39 is 48.3 Å². The molecule has 1 saturated heterocycles. The van der Waals surface area contributed by atoms with Gasteiger partial charge in [-0.15, -0.1) is 0 Å². The van der Waals surface area contributed by atoms with Gasteiger partial charge in [-0.25, -0.2) is 0 Å². The number of ether oxygens (including phenoxy) is 4. The molecule has 3 aromatic rings. The molecule has 1 aliphatic carbocycles. The Bertz CT molecular complexity index is 1660. The molecule has 11 heteroatoms. The molecule has 3 N–H and O–H groups in total. The zero-order valence-corrected chi connectivity index (χ0v) is 31.9. The standard InChI is InChI=1S/C37H48N3O6SeSi/c1-33(2,3)35(42)25-36(48(7)8,40-23-29(47-6)31(38)39-32(40)41)46-30(35)24-45-37(26-15-11-9-12-16-26,27-17-13-10-14-18-27)28-19-21-34(43-4,44-5)22-20-28/h9-21,23,30,42H,22,24-25H2,1-8H3,(H2,38,39,41)/t30-,35+,36+/m1/s1. The summed E-state index contributed by atoms with van der Waals surface area (Å²) in [5.41, 5.74) is 5.32. The van der Waals surface area contributed by atoms with E-state index in [-0.39, 0.29) is 33.8 Å². The third-order valence-corrected chi connectivity index (χ3v) is 13.7. The van der Waals surface area contributed by atoms with Crippen LogP contribution in [0.3, 0.4) is 0 Å². The van der Waals surface area contributed by atoms with E-state index in [4.69, 9.17) is 24.7 Å². The molecule has 0 unspecified atom stereocenters. The number of methoxy groups -OCH3 is 2. The Kier molecular flexibility index (Phi) is 10.5.